The second-order valence-electron chi connectivity index (χ2n) is 6.27. The predicted molar refractivity (Wildman–Crippen MR) is 92.8 cm³/mol. The average Bonchev–Trinajstić information content (AvgIpc) is 3.34. The van der Waals surface area contributed by atoms with E-state index < -0.39 is 0 Å². The van der Waals surface area contributed by atoms with Crippen LogP contribution in [0.1, 0.15) is 40.4 Å². The molecule has 126 valence electrons. The van der Waals surface area contributed by atoms with Crippen molar-refractivity contribution in [2.45, 2.75) is 25.4 Å². The third-order valence-corrected chi connectivity index (χ3v) is 4.63. The van der Waals surface area contributed by atoms with Gasteiger partial charge in [-0.15, -0.1) is 5.10 Å². The molecule has 0 bridgehead atoms. The molecule has 0 unspecified atom stereocenters. The molecular formula is C19H19N5O. The second kappa shape index (κ2) is 6.84. The van der Waals surface area contributed by atoms with Gasteiger partial charge < -0.3 is 4.90 Å². The highest BCUT2D eigenvalue weighted by Gasteiger charge is 2.30. The van der Waals surface area contributed by atoms with Gasteiger partial charge in [-0.05, 0) is 46.5 Å². The molecule has 1 aliphatic heterocycles. The molecule has 0 saturated carbocycles. The molecule has 0 spiro atoms. The number of nitrogens with zero attached hydrogens (tertiary/aromatic N) is 5. The van der Waals surface area contributed by atoms with Crippen LogP contribution in [-0.4, -0.2) is 37.6 Å². The Kier molecular flexibility index (Phi) is 4.24. The minimum atomic E-state index is 0.0975. The lowest BCUT2D eigenvalue weighted by Gasteiger charge is -2.25. The van der Waals surface area contributed by atoms with Crippen LogP contribution >= 0.6 is 0 Å². The molecule has 2 aromatic carbocycles. The van der Waals surface area contributed by atoms with E-state index in [1.807, 2.05) is 47.4 Å². The summed E-state index contributed by atoms with van der Waals surface area (Å²) in [6, 6.07) is 18.2. The Bertz CT molecular complexity index is 830. The van der Waals surface area contributed by atoms with Gasteiger partial charge in [-0.25, -0.2) is 4.68 Å². The Morgan fingerprint density at radius 3 is 2.60 bits per heavy atom. The first kappa shape index (κ1) is 15.5. The van der Waals surface area contributed by atoms with Gasteiger partial charge in [-0.1, -0.05) is 42.5 Å². The summed E-state index contributed by atoms with van der Waals surface area (Å²) in [5, 5.41) is 11.1. The van der Waals surface area contributed by atoms with Crippen LogP contribution in [0.5, 0.6) is 0 Å². The zero-order chi connectivity index (χ0) is 17.1. The summed E-state index contributed by atoms with van der Waals surface area (Å²) in [5.74, 6) is 0.0975. The summed E-state index contributed by atoms with van der Waals surface area (Å²) in [7, 11) is 0. The minimum absolute atomic E-state index is 0.0975. The fourth-order valence-corrected chi connectivity index (χ4v) is 3.39. The summed E-state index contributed by atoms with van der Waals surface area (Å²) >= 11 is 0. The van der Waals surface area contributed by atoms with Crippen LogP contribution in [0.3, 0.4) is 0 Å². The normalized spacial score (nSPS) is 17.0. The van der Waals surface area contributed by atoms with Crippen LogP contribution < -0.4 is 0 Å². The minimum Gasteiger partial charge on any atom is -0.332 e. The molecule has 0 radical (unpaired) electrons. The monoisotopic (exact) mass is 333 g/mol. The number of benzene rings is 2. The van der Waals surface area contributed by atoms with E-state index in [2.05, 4.69) is 27.7 Å². The zero-order valence-electron chi connectivity index (χ0n) is 13.8. The Morgan fingerprint density at radius 1 is 1.08 bits per heavy atom. The molecule has 25 heavy (non-hydrogen) atoms. The van der Waals surface area contributed by atoms with Crippen molar-refractivity contribution in [1.29, 1.82) is 0 Å². The molecule has 1 aliphatic rings. The van der Waals surface area contributed by atoms with Crippen molar-refractivity contribution in [2.75, 3.05) is 6.54 Å². The molecule has 0 N–H and O–H groups in total. The Morgan fingerprint density at radius 2 is 1.88 bits per heavy atom. The number of carbonyl (C=O) groups excluding carboxylic acids is 1. The standard InChI is InChI=1S/C19H19N5O/c25-19(24-12-4-7-18(24)16-5-2-1-3-6-16)17-10-8-15(9-11-17)13-23-14-20-21-22-23/h1-3,5-6,8-11,14,18H,4,7,12-13H2/t18-/m0/s1. The summed E-state index contributed by atoms with van der Waals surface area (Å²) in [6.45, 7) is 1.41. The van der Waals surface area contributed by atoms with Gasteiger partial charge in [0.2, 0.25) is 0 Å². The number of tetrazole rings is 1. The van der Waals surface area contributed by atoms with Gasteiger partial charge >= 0.3 is 0 Å². The summed E-state index contributed by atoms with van der Waals surface area (Å²) in [5.41, 5.74) is 3.00. The van der Waals surface area contributed by atoms with E-state index in [0.29, 0.717) is 6.54 Å². The third-order valence-electron chi connectivity index (χ3n) is 4.63. The highest BCUT2D eigenvalue weighted by molar-refractivity contribution is 5.94. The van der Waals surface area contributed by atoms with Crippen molar-refractivity contribution in [3.63, 3.8) is 0 Å². The number of rotatable bonds is 4. The van der Waals surface area contributed by atoms with E-state index >= 15 is 0 Å². The van der Waals surface area contributed by atoms with Gasteiger partial charge in [-0.2, -0.15) is 0 Å². The van der Waals surface area contributed by atoms with Crippen LogP contribution in [0.25, 0.3) is 0 Å². The molecule has 1 atom stereocenters. The first-order valence-electron chi connectivity index (χ1n) is 8.47. The van der Waals surface area contributed by atoms with Crippen LogP contribution in [0.2, 0.25) is 0 Å². The van der Waals surface area contributed by atoms with E-state index in [1.165, 1.54) is 5.56 Å². The third kappa shape index (κ3) is 3.28. The number of aromatic nitrogens is 4. The first-order chi connectivity index (χ1) is 12.3. The molecular weight excluding hydrogens is 314 g/mol. The fraction of sp³-hybridized carbons (Fsp3) is 0.263. The zero-order valence-corrected chi connectivity index (χ0v) is 13.8. The van der Waals surface area contributed by atoms with Crippen LogP contribution in [0.15, 0.2) is 60.9 Å². The molecule has 1 saturated heterocycles. The Balaban J connectivity index is 1.50. The molecule has 0 aliphatic carbocycles. The van der Waals surface area contributed by atoms with Crippen molar-refractivity contribution < 1.29 is 4.79 Å². The highest BCUT2D eigenvalue weighted by Crippen LogP contribution is 2.32. The number of amides is 1. The molecule has 1 amide bonds. The number of carbonyl (C=O) groups is 1. The van der Waals surface area contributed by atoms with Gasteiger partial charge in [0.25, 0.3) is 5.91 Å². The molecule has 2 heterocycles. The average molecular weight is 333 g/mol. The lowest BCUT2D eigenvalue weighted by atomic mass is 10.0. The summed E-state index contributed by atoms with van der Waals surface area (Å²) in [6.07, 6.45) is 3.64. The molecule has 6 nitrogen and oxygen atoms in total. The lowest BCUT2D eigenvalue weighted by molar-refractivity contribution is 0.0735. The van der Waals surface area contributed by atoms with E-state index in [9.17, 15) is 4.79 Å². The van der Waals surface area contributed by atoms with Crippen molar-refractivity contribution in [3.05, 3.63) is 77.6 Å². The van der Waals surface area contributed by atoms with Gasteiger partial charge in [0, 0.05) is 12.1 Å². The maximum Gasteiger partial charge on any atom is 0.254 e. The molecule has 4 rings (SSSR count). The largest absolute Gasteiger partial charge is 0.332 e. The topological polar surface area (TPSA) is 63.9 Å². The van der Waals surface area contributed by atoms with Crippen LogP contribution in [0.4, 0.5) is 0 Å². The SMILES string of the molecule is O=C(c1ccc(Cn2cnnn2)cc1)N1CCC[C@H]1c1ccccc1. The van der Waals surface area contributed by atoms with E-state index in [0.717, 1.165) is 30.5 Å². The lowest BCUT2D eigenvalue weighted by Crippen LogP contribution is -2.30. The number of hydrogen-bond donors (Lipinski definition) is 0. The highest BCUT2D eigenvalue weighted by atomic mass is 16.2. The van der Waals surface area contributed by atoms with Crippen molar-refractivity contribution in [1.82, 2.24) is 25.1 Å². The first-order valence-corrected chi connectivity index (χ1v) is 8.47. The molecule has 1 aromatic heterocycles. The Labute approximate surface area is 146 Å². The van der Waals surface area contributed by atoms with Crippen LogP contribution in [0, 0.1) is 0 Å². The number of likely N-dealkylation sites (tertiary alicyclic amines) is 1. The van der Waals surface area contributed by atoms with Crippen molar-refractivity contribution in [3.8, 4) is 0 Å². The molecule has 3 aromatic rings. The number of hydrogen-bond acceptors (Lipinski definition) is 4. The van der Waals surface area contributed by atoms with Gasteiger partial charge in [0.05, 0.1) is 12.6 Å². The van der Waals surface area contributed by atoms with E-state index in [4.69, 9.17) is 0 Å². The maximum atomic E-state index is 12.9. The summed E-state index contributed by atoms with van der Waals surface area (Å²) < 4.78 is 1.66. The van der Waals surface area contributed by atoms with Gasteiger partial charge in [0.15, 0.2) is 0 Å². The predicted octanol–water partition coefficient (Wildman–Crippen LogP) is 2.70. The van der Waals surface area contributed by atoms with E-state index in [1.54, 1.807) is 11.0 Å². The molecule has 1 fully saturated rings. The summed E-state index contributed by atoms with van der Waals surface area (Å²) in [4.78, 5) is 14.9. The van der Waals surface area contributed by atoms with Gasteiger partial charge in [0.1, 0.15) is 6.33 Å². The van der Waals surface area contributed by atoms with E-state index in [-0.39, 0.29) is 11.9 Å². The smallest absolute Gasteiger partial charge is 0.254 e. The van der Waals surface area contributed by atoms with Crippen LogP contribution in [-0.2, 0) is 6.54 Å². The van der Waals surface area contributed by atoms with Crippen molar-refractivity contribution in [2.24, 2.45) is 0 Å². The van der Waals surface area contributed by atoms with Gasteiger partial charge in [-0.3, -0.25) is 4.79 Å². The Hall–Kier alpha value is -3.02. The maximum absolute atomic E-state index is 12.9. The second-order valence-corrected chi connectivity index (χ2v) is 6.27. The molecule has 6 heteroatoms. The quantitative estimate of drug-likeness (QED) is 0.736. The fourth-order valence-electron chi connectivity index (χ4n) is 3.39. The van der Waals surface area contributed by atoms with Crippen molar-refractivity contribution >= 4 is 5.91 Å².